The molecule has 1 atom stereocenters. The van der Waals surface area contributed by atoms with Gasteiger partial charge in [-0.25, -0.2) is 4.98 Å². The number of aromatic nitrogens is 2. The molecule has 0 amide bonds. The molecule has 0 aliphatic heterocycles. The maximum atomic E-state index is 12.5. The molecule has 128 valence electrons. The fourth-order valence-corrected chi connectivity index (χ4v) is 3.96. The van der Waals surface area contributed by atoms with Crippen molar-refractivity contribution in [1.29, 1.82) is 0 Å². The second kappa shape index (κ2) is 7.46. The van der Waals surface area contributed by atoms with Gasteiger partial charge >= 0.3 is 0 Å². The van der Waals surface area contributed by atoms with E-state index < -0.39 is 6.67 Å². The predicted molar refractivity (Wildman–Crippen MR) is 95.5 cm³/mol. The van der Waals surface area contributed by atoms with Crippen molar-refractivity contribution in [2.75, 3.05) is 12.0 Å². The number of hydrogen-bond acceptors (Lipinski definition) is 6. The number of thiophene rings is 1. The molecule has 0 spiro atoms. The van der Waals surface area contributed by atoms with Crippen molar-refractivity contribution >= 4 is 39.0 Å². The van der Waals surface area contributed by atoms with Crippen LogP contribution in [0.2, 0.25) is 5.28 Å². The third kappa shape index (κ3) is 3.68. The van der Waals surface area contributed by atoms with Gasteiger partial charge in [0.2, 0.25) is 5.28 Å². The molecule has 0 fully saturated rings. The molecule has 0 saturated carbocycles. The van der Waals surface area contributed by atoms with Crippen LogP contribution < -0.4 is 11.1 Å². The zero-order chi connectivity index (χ0) is 17.1. The second-order valence-electron chi connectivity index (χ2n) is 5.54. The Labute approximate surface area is 148 Å². The number of fused-ring (bicyclic) bond motifs is 1. The van der Waals surface area contributed by atoms with Gasteiger partial charge in [0.05, 0.1) is 29.7 Å². The SMILES string of the molecule is Cc1c(CC(N)CCF)sc2c(NCc3ccco3)nc(Cl)nc12. The van der Waals surface area contributed by atoms with Crippen molar-refractivity contribution in [3.63, 3.8) is 0 Å². The molecule has 3 heterocycles. The van der Waals surface area contributed by atoms with Crippen LogP contribution in [0.15, 0.2) is 22.8 Å². The number of rotatable bonds is 7. The van der Waals surface area contributed by atoms with Crippen molar-refractivity contribution in [1.82, 2.24) is 9.97 Å². The van der Waals surface area contributed by atoms with Gasteiger partial charge in [0.1, 0.15) is 11.6 Å². The summed E-state index contributed by atoms with van der Waals surface area (Å²) in [4.78, 5) is 9.72. The molecule has 0 saturated heterocycles. The maximum Gasteiger partial charge on any atom is 0.224 e. The van der Waals surface area contributed by atoms with Crippen LogP contribution in [0.1, 0.15) is 22.6 Å². The lowest BCUT2D eigenvalue weighted by Gasteiger charge is -2.07. The molecule has 0 aromatic carbocycles. The van der Waals surface area contributed by atoms with Gasteiger partial charge in [0.15, 0.2) is 0 Å². The van der Waals surface area contributed by atoms with Crippen LogP contribution in [0.25, 0.3) is 10.2 Å². The summed E-state index contributed by atoms with van der Waals surface area (Å²) in [5, 5.41) is 3.42. The van der Waals surface area contributed by atoms with E-state index >= 15 is 0 Å². The van der Waals surface area contributed by atoms with E-state index in [1.807, 2.05) is 19.1 Å². The van der Waals surface area contributed by atoms with Gasteiger partial charge in [-0.05, 0) is 49.1 Å². The van der Waals surface area contributed by atoms with Crippen molar-refractivity contribution < 1.29 is 8.81 Å². The first kappa shape index (κ1) is 17.1. The highest BCUT2D eigenvalue weighted by Gasteiger charge is 2.17. The largest absolute Gasteiger partial charge is 0.467 e. The second-order valence-corrected chi connectivity index (χ2v) is 6.99. The molecule has 0 bridgehead atoms. The molecule has 8 heteroatoms. The highest BCUT2D eigenvalue weighted by molar-refractivity contribution is 7.19. The highest BCUT2D eigenvalue weighted by atomic mass is 35.5. The number of halogens is 2. The number of nitrogens with one attached hydrogen (secondary N) is 1. The number of nitrogens with zero attached hydrogens (tertiary/aromatic N) is 2. The average molecular weight is 369 g/mol. The molecular formula is C16H18ClFN4OS. The van der Waals surface area contributed by atoms with Gasteiger partial charge < -0.3 is 15.5 Å². The first-order chi connectivity index (χ1) is 11.6. The van der Waals surface area contributed by atoms with Crippen LogP contribution in [0.5, 0.6) is 0 Å². The minimum Gasteiger partial charge on any atom is -0.467 e. The summed E-state index contributed by atoms with van der Waals surface area (Å²) in [5.74, 6) is 1.47. The monoisotopic (exact) mass is 368 g/mol. The fourth-order valence-electron chi connectivity index (χ4n) is 2.48. The Hall–Kier alpha value is -1.70. The van der Waals surface area contributed by atoms with E-state index in [9.17, 15) is 4.39 Å². The smallest absolute Gasteiger partial charge is 0.224 e. The Morgan fingerprint density at radius 1 is 1.46 bits per heavy atom. The molecule has 0 aliphatic rings. The van der Waals surface area contributed by atoms with Crippen LogP contribution in [0.4, 0.5) is 10.2 Å². The molecule has 24 heavy (non-hydrogen) atoms. The lowest BCUT2D eigenvalue weighted by atomic mass is 10.1. The maximum absolute atomic E-state index is 12.5. The molecule has 3 N–H and O–H groups in total. The summed E-state index contributed by atoms with van der Waals surface area (Å²) in [6.07, 6.45) is 2.59. The van der Waals surface area contributed by atoms with E-state index in [0.717, 1.165) is 26.4 Å². The molecule has 0 aliphatic carbocycles. The van der Waals surface area contributed by atoms with Crippen LogP contribution in [-0.4, -0.2) is 22.7 Å². The van der Waals surface area contributed by atoms with Crippen LogP contribution in [0, 0.1) is 6.92 Å². The van der Waals surface area contributed by atoms with Crippen LogP contribution in [-0.2, 0) is 13.0 Å². The Kier molecular flexibility index (Phi) is 5.33. The predicted octanol–water partition coefficient (Wildman–Crippen LogP) is 4.09. The first-order valence-corrected chi connectivity index (χ1v) is 8.81. The Morgan fingerprint density at radius 3 is 3.00 bits per heavy atom. The topological polar surface area (TPSA) is 77.0 Å². The molecular weight excluding hydrogens is 351 g/mol. The summed E-state index contributed by atoms with van der Waals surface area (Å²) in [5.41, 5.74) is 7.81. The summed E-state index contributed by atoms with van der Waals surface area (Å²) < 4.78 is 18.7. The molecule has 3 aromatic rings. The van der Waals surface area contributed by atoms with Gasteiger partial charge in [-0.2, -0.15) is 4.98 Å². The number of hydrogen-bond donors (Lipinski definition) is 2. The van der Waals surface area contributed by atoms with Gasteiger partial charge in [0.25, 0.3) is 0 Å². The normalized spacial score (nSPS) is 12.7. The lowest BCUT2D eigenvalue weighted by molar-refractivity contribution is 0.436. The van der Waals surface area contributed by atoms with Crippen molar-refractivity contribution in [3.05, 3.63) is 39.9 Å². The number of anilines is 1. The zero-order valence-electron chi connectivity index (χ0n) is 13.2. The lowest BCUT2D eigenvalue weighted by Crippen LogP contribution is -2.23. The van der Waals surface area contributed by atoms with E-state index in [1.54, 1.807) is 17.6 Å². The number of nitrogens with two attached hydrogens (primary N) is 1. The molecule has 5 nitrogen and oxygen atoms in total. The van der Waals surface area contributed by atoms with Crippen molar-refractivity contribution in [3.8, 4) is 0 Å². The van der Waals surface area contributed by atoms with E-state index in [-0.39, 0.29) is 11.3 Å². The summed E-state index contributed by atoms with van der Waals surface area (Å²) >= 11 is 7.64. The molecule has 1 unspecified atom stereocenters. The third-order valence-electron chi connectivity index (χ3n) is 3.77. The molecule has 0 radical (unpaired) electrons. The minimum absolute atomic E-state index is 0.185. The van der Waals surface area contributed by atoms with E-state index in [4.69, 9.17) is 21.8 Å². The van der Waals surface area contributed by atoms with E-state index in [0.29, 0.717) is 25.2 Å². The Balaban J connectivity index is 1.91. The molecule has 3 aromatic heterocycles. The number of alkyl halides is 1. The first-order valence-electron chi connectivity index (χ1n) is 7.61. The van der Waals surface area contributed by atoms with Crippen LogP contribution in [0.3, 0.4) is 0 Å². The summed E-state index contributed by atoms with van der Waals surface area (Å²) in [6.45, 7) is 2.08. The van der Waals surface area contributed by atoms with Gasteiger partial charge in [0, 0.05) is 10.9 Å². The van der Waals surface area contributed by atoms with Crippen LogP contribution >= 0.6 is 22.9 Å². The number of aryl methyl sites for hydroxylation is 1. The standard InChI is InChI=1S/C16H18ClFN4OS/c1-9-12(7-10(19)4-5-18)24-14-13(9)21-16(17)22-15(14)20-8-11-3-2-6-23-11/h2-3,6,10H,4-5,7-8,19H2,1H3,(H,20,21,22). The highest BCUT2D eigenvalue weighted by Crippen LogP contribution is 2.35. The Bertz CT molecular complexity index is 821. The number of furan rings is 1. The van der Waals surface area contributed by atoms with E-state index in [2.05, 4.69) is 15.3 Å². The average Bonchev–Trinajstić information content (AvgIpc) is 3.15. The van der Waals surface area contributed by atoms with Crippen molar-refractivity contribution in [2.24, 2.45) is 5.73 Å². The van der Waals surface area contributed by atoms with E-state index in [1.165, 1.54) is 0 Å². The van der Waals surface area contributed by atoms with Gasteiger partial charge in [-0.3, -0.25) is 4.39 Å². The minimum atomic E-state index is -0.410. The summed E-state index contributed by atoms with van der Waals surface area (Å²) in [7, 11) is 0. The van der Waals surface area contributed by atoms with Crippen molar-refractivity contribution in [2.45, 2.75) is 32.4 Å². The zero-order valence-corrected chi connectivity index (χ0v) is 14.8. The Morgan fingerprint density at radius 2 is 2.29 bits per heavy atom. The quantitative estimate of drug-likeness (QED) is 0.614. The molecule has 3 rings (SSSR count). The third-order valence-corrected chi connectivity index (χ3v) is 5.25. The fraction of sp³-hybridized carbons (Fsp3) is 0.375. The summed E-state index contributed by atoms with van der Waals surface area (Å²) in [6, 6.07) is 3.51. The van der Waals surface area contributed by atoms with Gasteiger partial charge in [-0.1, -0.05) is 0 Å². The van der Waals surface area contributed by atoms with Gasteiger partial charge in [-0.15, -0.1) is 11.3 Å².